The average Bonchev–Trinajstić information content (AvgIpc) is 3.02. The molecule has 8 nitrogen and oxygen atoms in total. The zero-order valence-corrected chi connectivity index (χ0v) is 10.7. The van der Waals surface area contributed by atoms with E-state index in [0.29, 0.717) is 0 Å². The third kappa shape index (κ3) is 1.92. The number of aliphatic hydroxyl groups excluding tert-OH is 2. The summed E-state index contributed by atoms with van der Waals surface area (Å²) in [6.07, 6.45) is 0.344. The predicted octanol–water partition coefficient (Wildman–Crippen LogP) is -0.808. The maximum Gasteiger partial charge on any atom is 0.312 e. The van der Waals surface area contributed by atoms with Crippen LogP contribution in [0.15, 0.2) is 6.33 Å². The fourth-order valence-corrected chi connectivity index (χ4v) is 2.34. The monoisotopic (exact) mass is 294 g/mol. The number of hydrogen-bond acceptors (Lipinski definition) is 7. The van der Waals surface area contributed by atoms with Gasteiger partial charge < -0.3 is 20.7 Å². The van der Waals surface area contributed by atoms with Crippen molar-refractivity contribution < 1.29 is 20.7 Å². The lowest BCUT2D eigenvalue weighted by Gasteiger charge is -2.23. The summed E-state index contributed by atoms with van der Waals surface area (Å²) >= 11 is 0. The Bertz CT molecular complexity index is 788. The number of aliphatic hydroxyl groups is 2. The molecule has 2 aromatic heterocycles. The number of halogens is 1. The summed E-state index contributed by atoms with van der Waals surface area (Å²) < 4.78 is 27.2. The first kappa shape index (κ1) is 12.5. The largest absolute Gasteiger partial charge is 0.392 e. The van der Waals surface area contributed by atoms with Gasteiger partial charge in [-0.05, 0) is 0 Å². The smallest absolute Gasteiger partial charge is 0.312 e. The van der Waals surface area contributed by atoms with Gasteiger partial charge in [-0.15, -0.1) is 6.40 Å². The van der Waals surface area contributed by atoms with Crippen molar-refractivity contribution in [2.24, 2.45) is 0 Å². The Morgan fingerprint density at radius 1 is 1.71 bits per heavy atom. The van der Waals surface area contributed by atoms with Gasteiger partial charge in [0.05, 0.1) is 12.9 Å². The first-order valence-corrected chi connectivity index (χ1v) is 6.07. The summed E-state index contributed by atoms with van der Waals surface area (Å²) in [4.78, 5) is 11.0. The molecule has 0 bridgehead atoms. The molecule has 0 aromatic carbocycles. The van der Waals surface area contributed by atoms with Gasteiger partial charge in [-0.2, -0.15) is 14.4 Å². The van der Waals surface area contributed by atoms with E-state index in [4.69, 9.17) is 11.8 Å². The van der Waals surface area contributed by atoms with E-state index in [1.807, 2.05) is 6.40 Å². The van der Waals surface area contributed by atoms with Crippen LogP contribution in [0.25, 0.3) is 11.2 Å². The molecule has 1 aliphatic heterocycles. The molecule has 1 saturated heterocycles. The molecule has 1 fully saturated rings. The summed E-state index contributed by atoms with van der Waals surface area (Å²) in [6.45, 7) is -0.589. The Morgan fingerprint density at radius 3 is 3.24 bits per heavy atom. The molecule has 3 atom stereocenters. The van der Waals surface area contributed by atoms with Crippen LogP contribution in [-0.2, 0) is 4.74 Å². The highest BCUT2D eigenvalue weighted by Gasteiger charge is 2.47. The van der Waals surface area contributed by atoms with E-state index in [-0.39, 0.29) is 23.4 Å². The van der Waals surface area contributed by atoms with Crippen molar-refractivity contribution in [2.45, 2.75) is 24.4 Å². The van der Waals surface area contributed by atoms with E-state index < -0.39 is 30.6 Å². The summed E-state index contributed by atoms with van der Waals surface area (Å²) in [6, 6.07) is 0. The first-order valence-electron chi connectivity index (χ1n) is 6.57. The Labute approximate surface area is 119 Å². The third-order valence-electron chi connectivity index (χ3n) is 3.49. The maximum absolute atomic E-state index is 13.3. The number of imidazole rings is 1. The van der Waals surface area contributed by atoms with Crippen LogP contribution >= 0.6 is 0 Å². The van der Waals surface area contributed by atoms with E-state index in [9.17, 15) is 14.6 Å². The molecule has 0 aliphatic carbocycles. The number of ether oxygens (including phenoxy) is 1. The molecule has 21 heavy (non-hydrogen) atoms. The average molecular weight is 294 g/mol. The van der Waals surface area contributed by atoms with Crippen molar-refractivity contribution in [1.82, 2.24) is 19.5 Å². The fraction of sp³-hybridized carbons (Fsp3) is 0.417. The molecule has 0 amide bonds. The Kier molecular flexibility index (Phi) is 2.75. The van der Waals surface area contributed by atoms with Crippen LogP contribution in [0.3, 0.4) is 0 Å². The standard InChI is InChI=1S/C12H12FN5O3/c1-2-12(4-19)6(20)3-7(21-12)18-5-15-8-9(14)16-11(13)17-10(8)18/h1,5-7,19-20H,3-4H2,(H2,14,16,17)/t6-,7+,12+/m0/s1/i1D. The molecule has 9 heteroatoms. The van der Waals surface area contributed by atoms with Crippen molar-refractivity contribution >= 4 is 17.0 Å². The van der Waals surface area contributed by atoms with Gasteiger partial charge in [-0.1, -0.05) is 5.92 Å². The molecule has 0 spiro atoms. The van der Waals surface area contributed by atoms with Crippen LogP contribution in [0.2, 0.25) is 0 Å². The van der Waals surface area contributed by atoms with Gasteiger partial charge in [-0.25, -0.2) is 4.98 Å². The number of rotatable bonds is 2. The number of terminal acetylenes is 1. The number of fused-ring (bicyclic) bond motifs is 1. The lowest BCUT2D eigenvalue weighted by atomic mass is 9.99. The topological polar surface area (TPSA) is 119 Å². The van der Waals surface area contributed by atoms with Crippen LogP contribution in [0.5, 0.6) is 0 Å². The maximum atomic E-state index is 13.3. The minimum atomic E-state index is -1.57. The van der Waals surface area contributed by atoms with Crippen LogP contribution in [0, 0.1) is 18.4 Å². The lowest BCUT2D eigenvalue weighted by molar-refractivity contribution is -0.0891. The molecule has 0 saturated carbocycles. The molecule has 3 heterocycles. The molecule has 0 radical (unpaired) electrons. The highest BCUT2D eigenvalue weighted by Crippen LogP contribution is 2.37. The highest BCUT2D eigenvalue weighted by molar-refractivity contribution is 5.81. The van der Waals surface area contributed by atoms with Crippen LogP contribution < -0.4 is 5.73 Å². The molecule has 4 N–H and O–H groups in total. The van der Waals surface area contributed by atoms with E-state index >= 15 is 0 Å². The lowest BCUT2D eigenvalue weighted by Crippen LogP contribution is -2.41. The van der Waals surface area contributed by atoms with Gasteiger partial charge in [0.25, 0.3) is 0 Å². The SMILES string of the molecule is [2H]C#C[C@]1(CO)O[C@@H](n2cnc3c(N)nc(F)nc32)C[C@@H]1O. The van der Waals surface area contributed by atoms with E-state index in [2.05, 4.69) is 20.9 Å². The van der Waals surface area contributed by atoms with Crippen molar-refractivity contribution in [2.75, 3.05) is 12.3 Å². The minimum Gasteiger partial charge on any atom is -0.392 e. The van der Waals surface area contributed by atoms with Gasteiger partial charge in [0.1, 0.15) is 13.7 Å². The van der Waals surface area contributed by atoms with E-state index in [1.54, 1.807) is 0 Å². The second-order valence-electron chi connectivity index (χ2n) is 4.70. The van der Waals surface area contributed by atoms with E-state index in [1.165, 1.54) is 10.9 Å². The summed E-state index contributed by atoms with van der Waals surface area (Å²) in [5.74, 6) is 2.24. The number of aromatic nitrogens is 4. The fourth-order valence-electron chi connectivity index (χ4n) is 2.34. The number of hydrogen-bond donors (Lipinski definition) is 3. The molecule has 3 rings (SSSR count). The van der Waals surface area contributed by atoms with Crippen molar-refractivity contribution in [1.29, 1.82) is 0 Å². The van der Waals surface area contributed by atoms with Crippen molar-refractivity contribution in [3.63, 3.8) is 0 Å². The predicted molar refractivity (Wildman–Crippen MR) is 69.1 cm³/mol. The van der Waals surface area contributed by atoms with Gasteiger partial charge in [0.15, 0.2) is 22.6 Å². The number of nitrogens with two attached hydrogens (primary N) is 1. The quantitative estimate of drug-likeness (QED) is 0.489. The third-order valence-corrected chi connectivity index (χ3v) is 3.49. The summed E-state index contributed by atoms with van der Waals surface area (Å²) in [7, 11) is 0. The zero-order chi connectivity index (χ0) is 15.9. The molecule has 0 unspecified atom stereocenters. The molecule has 2 aromatic rings. The second-order valence-corrected chi connectivity index (χ2v) is 4.70. The number of nitrogen functional groups attached to an aromatic ring is 1. The minimum absolute atomic E-state index is 0.0617. The summed E-state index contributed by atoms with van der Waals surface area (Å²) in [5.41, 5.74) is 4.32. The Hall–Kier alpha value is -2.28. The normalized spacial score (nSPS) is 29.2. The van der Waals surface area contributed by atoms with Crippen LogP contribution in [-0.4, -0.2) is 48.0 Å². The van der Waals surface area contributed by atoms with Crippen molar-refractivity contribution in [3.8, 4) is 12.3 Å². The number of anilines is 1. The van der Waals surface area contributed by atoms with Crippen molar-refractivity contribution in [3.05, 3.63) is 12.4 Å². The second kappa shape index (κ2) is 4.63. The Morgan fingerprint density at radius 2 is 2.52 bits per heavy atom. The van der Waals surface area contributed by atoms with E-state index in [0.717, 1.165) is 0 Å². The molecule has 110 valence electrons. The first-order chi connectivity index (χ1) is 10.5. The van der Waals surface area contributed by atoms with Crippen LogP contribution in [0.1, 0.15) is 14.0 Å². The van der Waals surface area contributed by atoms with Gasteiger partial charge in [0, 0.05) is 6.42 Å². The number of nitrogens with zero attached hydrogens (tertiary/aromatic N) is 4. The summed E-state index contributed by atoms with van der Waals surface area (Å²) in [5, 5.41) is 19.5. The highest BCUT2D eigenvalue weighted by atomic mass is 19.1. The Balaban J connectivity index is 2.04. The van der Waals surface area contributed by atoms with Gasteiger partial charge in [-0.3, -0.25) is 4.57 Å². The zero-order valence-electron chi connectivity index (χ0n) is 11.7. The molecular formula is C12H12FN5O3. The van der Waals surface area contributed by atoms with Gasteiger partial charge >= 0.3 is 6.08 Å². The van der Waals surface area contributed by atoms with Crippen LogP contribution in [0.4, 0.5) is 10.2 Å². The molecule has 1 aliphatic rings. The van der Waals surface area contributed by atoms with Gasteiger partial charge in [0.2, 0.25) is 0 Å². The molecular weight excluding hydrogens is 281 g/mol.